The van der Waals surface area contributed by atoms with E-state index in [4.69, 9.17) is 14.0 Å². The predicted molar refractivity (Wildman–Crippen MR) is 87.7 cm³/mol. The first-order chi connectivity index (χ1) is 10.2. The second-order valence-electron chi connectivity index (χ2n) is 6.59. The lowest BCUT2D eigenvalue weighted by atomic mass is 9.75. The lowest BCUT2D eigenvalue weighted by Gasteiger charge is -2.35. The van der Waals surface area contributed by atoms with Crippen molar-refractivity contribution < 1.29 is 18.8 Å². The number of ether oxygens (including phenoxy) is 1. The highest BCUT2D eigenvalue weighted by Crippen LogP contribution is 2.39. The van der Waals surface area contributed by atoms with E-state index in [1.54, 1.807) is 0 Å². The molecule has 5 heteroatoms. The van der Waals surface area contributed by atoms with Gasteiger partial charge in [0, 0.05) is 12.7 Å². The summed E-state index contributed by atoms with van der Waals surface area (Å²) in [6.45, 7) is 10.3. The van der Waals surface area contributed by atoms with Crippen LogP contribution in [0.2, 0.25) is 0 Å². The molecule has 1 saturated heterocycles. The number of Topliss-reactive ketones (excluding diaryl/α,β-unsaturated/α-hetero) is 1. The maximum absolute atomic E-state index is 12.0. The van der Waals surface area contributed by atoms with Crippen molar-refractivity contribution in [2.75, 3.05) is 13.7 Å². The van der Waals surface area contributed by atoms with E-state index in [0.29, 0.717) is 5.56 Å². The van der Waals surface area contributed by atoms with E-state index in [0.717, 1.165) is 17.4 Å². The molecular weight excluding hydrogens is 279 g/mol. The molecule has 0 N–H and O–H groups in total. The molecule has 0 amide bonds. The monoisotopic (exact) mass is 304 g/mol. The Morgan fingerprint density at radius 2 is 1.95 bits per heavy atom. The standard InChI is InChI=1S/C17H25BO4/c1-7-17(5)16(3,4)21-18(22-17)14-10-13(9-8-12(14)2)15(19)11-20-6/h8-10H,7,11H2,1-6H3. The normalized spacial score (nSPS) is 23.8. The molecule has 120 valence electrons. The molecule has 0 aliphatic carbocycles. The highest BCUT2D eigenvalue weighted by atomic mass is 16.7. The zero-order valence-corrected chi connectivity index (χ0v) is 14.4. The van der Waals surface area contributed by atoms with Gasteiger partial charge in [0.1, 0.15) is 6.61 Å². The molecule has 1 unspecified atom stereocenters. The zero-order chi connectivity index (χ0) is 16.5. The number of hydrogen-bond donors (Lipinski definition) is 0. The zero-order valence-electron chi connectivity index (χ0n) is 14.4. The van der Waals surface area contributed by atoms with E-state index in [1.807, 2.05) is 39.0 Å². The Morgan fingerprint density at radius 3 is 2.50 bits per heavy atom. The number of methoxy groups -OCH3 is 1. The van der Waals surface area contributed by atoms with Crippen molar-refractivity contribution in [3.05, 3.63) is 29.3 Å². The smallest absolute Gasteiger partial charge is 0.399 e. The fourth-order valence-corrected chi connectivity index (χ4v) is 2.71. The number of hydrogen-bond acceptors (Lipinski definition) is 4. The van der Waals surface area contributed by atoms with Gasteiger partial charge in [-0.1, -0.05) is 30.7 Å². The first-order valence-electron chi connectivity index (χ1n) is 7.72. The topological polar surface area (TPSA) is 44.8 Å². The molecule has 4 nitrogen and oxygen atoms in total. The molecule has 1 aromatic carbocycles. The van der Waals surface area contributed by atoms with Crippen molar-refractivity contribution in [3.8, 4) is 0 Å². The lowest BCUT2D eigenvalue weighted by Crippen LogP contribution is -2.44. The third-order valence-electron chi connectivity index (χ3n) is 4.85. The predicted octanol–water partition coefficient (Wildman–Crippen LogP) is 2.51. The summed E-state index contributed by atoms with van der Waals surface area (Å²) < 4.78 is 17.3. The van der Waals surface area contributed by atoms with Gasteiger partial charge in [-0.3, -0.25) is 4.79 Å². The number of rotatable bonds is 5. The molecule has 1 fully saturated rings. The van der Waals surface area contributed by atoms with Gasteiger partial charge < -0.3 is 14.0 Å². The summed E-state index contributed by atoms with van der Waals surface area (Å²) in [4.78, 5) is 12.0. The minimum atomic E-state index is -0.449. The fourth-order valence-electron chi connectivity index (χ4n) is 2.71. The Morgan fingerprint density at radius 1 is 1.27 bits per heavy atom. The summed E-state index contributed by atoms with van der Waals surface area (Å²) >= 11 is 0. The van der Waals surface area contributed by atoms with Crippen LogP contribution in [0.15, 0.2) is 18.2 Å². The number of aryl methyl sites for hydroxylation is 1. The van der Waals surface area contributed by atoms with Crippen LogP contribution in [0.4, 0.5) is 0 Å². The molecule has 0 saturated carbocycles. The van der Waals surface area contributed by atoms with Gasteiger partial charge in [0.15, 0.2) is 5.78 Å². The van der Waals surface area contributed by atoms with Gasteiger partial charge >= 0.3 is 7.12 Å². The number of carbonyl (C=O) groups is 1. The summed E-state index contributed by atoms with van der Waals surface area (Å²) in [5.74, 6) is -0.0424. The van der Waals surface area contributed by atoms with Gasteiger partial charge in [0.25, 0.3) is 0 Å². The molecule has 1 heterocycles. The van der Waals surface area contributed by atoms with Crippen LogP contribution in [0.5, 0.6) is 0 Å². The second kappa shape index (κ2) is 6.15. The Balaban J connectivity index is 2.34. The van der Waals surface area contributed by atoms with Crippen LogP contribution in [0.3, 0.4) is 0 Å². The lowest BCUT2D eigenvalue weighted by molar-refractivity contribution is -0.0118. The molecule has 0 spiro atoms. The SMILES string of the molecule is CCC1(C)OB(c2cc(C(=O)COC)ccc2C)OC1(C)C. The largest absolute Gasteiger partial charge is 0.495 e. The van der Waals surface area contributed by atoms with Gasteiger partial charge in [-0.2, -0.15) is 0 Å². The van der Waals surface area contributed by atoms with Gasteiger partial charge in [-0.25, -0.2) is 0 Å². The molecule has 1 aliphatic rings. The average molecular weight is 304 g/mol. The molecule has 0 radical (unpaired) electrons. The first-order valence-corrected chi connectivity index (χ1v) is 7.72. The quantitative estimate of drug-likeness (QED) is 0.619. The van der Waals surface area contributed by atoms with Crippen molar-refractivity contribution in [2.45, 2.75) is 52.2 Å². The summed E-state index contributed by atoms with van der Waals surface area (Å²) in [5.41, 5.74) is 1.85. The van der Waals surface area contributed by atoms with E-state index >= 15 is 0 Å². The molecule has 1 atom stereocenters. The number of ketones is 1. The maximum atomic E-state index is 12.0. The molecule has 1 aromatic rings. The molecule has 22 heavy (non-hydrogen) atoms. The van der Waals surface area contributed by atoms with Crippen molar-refractivity contribution in [1.82, 2.24) is 0 Å². The van der Waals surface area contributed by atoms with E-state index < -0.39 is 7.12 Å². The maximum Gasteiger partial charge on any atom is 0.495 e. The van der Waals surface area contributed by atoms with Crippen LogP contribution < -0.4 is 5.46 Å². The van der Waals surface area contributed by atoms with Crippen molar-refractivity contribution in [3.63, 3.8) is 0 Å². The van der Waals surface area contributed by atoms with Crippen LogP contribution in [0, 0.1) is 6.92 Å². The third kappa shape index (κ3) is 2.98. The highest BCUT2D eigenvalue weighted by molar-refractivity contribution is 6.62. The van der Waals surface area contributed by atoms with Crippen molar-refractivity contribution in [2.24, 2.45) is 0 Å². The van der Waals surface area contributed by atoms with Crippen LogP contribution in [0.1, 0.15) is 50.0 Å². The molecule has 0 bridgehead atoms. The Hall–Kier alpha value is -1.17. The summed E-state index contributed by atoms with van der Waals surface area (Å²) in [6.07, 6.45) is 0.859. The number of carbonyl (C=O) groups excluding carboxylic acids is 1. The molecule has 0 aromatic heterocycles. The van der Waals surface area contributed by atoms with Crippen molar-refractivity contribution >= 4 is 18.4 Å². The average Bonchev–Trinajstić information content (AvgIpc) is 2.70. The van der Waals surface area contributed by atoms with Crippen LogP contribution >= 0.6 is 0 Å². The van der Waals surface area contributed by atoms with E-state index in [2.05, 4.69) is 13.8 Å². The second-order valence-corrected chi connectivity index (χ2v) is 6.59. The Kier molecular flexibility index (Phi) is 4.80. The van der Waals surface area contributed by atoms with E-state index in [9.17, 15) is 4.79 Å². The summed E-state index contributed by atoms with van der Waals surface area (Å²) in [7, 11) is 1.07. The van der Waals surface area contributed by atoms with Gasteiger partial charge in [0.05, 0.1) is 11.2 Å². The minimum Gasteiger partial charge on any atom is -0.399 e. The highest BCUT2D eigenvalue weighted by Gasteiger charge is 2.53. The fraction of sp³-hybridized carbons (Fsp3) is 0.588. The van der Waals surface area contributed by atoms with Crippen LogP contribution in [-0.4, -0.2) is 37.8 Å². The van der Waals surface area contributed by atoms with Crippen LogP contribution in [0.25, 0.3) is 0 Å². The third-order valence-corrected chi connectivity index (χ3v) is 4.85. The van der Waals surface area contributed by atoms with Gasteiger partial charge in [-0.15, -0.1) is 0 Å². The summed E-state index contributed by atoms with van der Waals surface area (Å²) in [6, 6.07) is 5.61. The minimum absolute atomic E-state index is 0.0424. The number of benzene rings is 1. The van der Waals surface area contributed by atoms with E-state index in [1.165, 1.54) is 7.11 Å². The van der Waals surface area contributed by atoms with Gasteiger partial charge in [-0.05, 0) is 39.6 Å². The summed E-state index contributed by atoms with van der Waals surface area (Å²) in [5, 5.41) is 0. The molecule has 2 rings (SSSR count). The molecule has 1 aliphatic heterocycles. The molecular formula is C17H25BO4. The Labute approximate surface area is 133 Å². The van der Waals surface area contributed by atoms with Gasteiger partial charge in [0.2, 0.25) is 0 Å². The van der Waals surface area contributed by atoms with Crippen molar-refractivity contribution in [1.29, 1.82) is 0 Å². The van der Waals surface area contributed by atoms with Crippen LogP contribution in [-0.2, 0) is 14.0 Å². The first kappa shape index (κ1) is 17.2. The van der Waals surface area contributed by atoms with E-state index in [-0.39, 0.29) is 23.6 Å². The Bertz CT molecular complexity index is 570.